The number of carbonyl (C=O) groups excluding carboxylic acids is 1. The van der Waals surface area contributed by atoms with E-state index in [1.54, 1.807) is 30.3 Å². The summed E-state index contributed by atoms with van der Waals surface area (Å²) < 4.78 is 30.4. The van der Waals surface area contributed by atoms with Gasteiger partial charge >= 0.3 is 5.97 Å². The lowest BCUT2D eigenvalue weighted by atomic mass is 9.82. The molecule has 0 amide bonds. The highest BCUT2D eigenvalue weighted by atomic mass is 35.5. The lowest BCUT2D eigenvalue weighted by molar-refractivity contribution is 0.0600. The molecule has 2 aromatic carbocycles. The second-order valence-corrected chi connectivity index (χ2v) is 11.6. The topological polar surface area (TPSA) is 119 Å². The molecule has 1 saturated heterocycles. The molecule has 0 radical (unpaired) electrons. The van der Waals surface area contributed by atoms with Gasteiger partial charge in [0.1, 0.15) is 41.0 Å². The Labute approximate surface area is 259 Å². The first-order valence-corrected chi connectivity index (χ1v) is 14.3. The molecule has 222 valence electrons. The molecule has 1 N–H and O–H groups in total. The van der Waals surface area contributed by atoms with Gasteiger partial charge in [0.2, 0.25) is 0 Å². The van der Waals surface area contributed by atoms with Crippen molar-refractivity contribution in [1.29, 1.82) is 0 Å². The molecule has 0 spiro atoms. The van der Waals surface area contributed by atoms with Gasteiger partial charge in [-0.2, -0.15) is 0 Å². The Bertz CT molecular complexity index is 1700. The molecule has 2 aromatic heterocycles. The third-order valence-electron chi connectivity index (χ3n) is 7.52. The third kappa shape index (κ3) is 5.60. The summed E-state index contributed by atoms with van der Waals surface area (Å²) in [6.07, 6.45) is 3.42. The highest BCUT2D eigenvalue weighted by Crippen LogP contribution is 2.46. The van der Waals surface area contributed by atoms with Crippen molar-refractivity contribution in [1.82, 2.24) is 15.6 Å². The van der Waals surface area contributed by atoms with E-state index in [0.29, 0.717) is 63.4 Å². The normalized spacial score (nSPS) is 15.5. The Morgan fingerprint density at radius 1 is 1.14 bits per heavy atom. The minimum Gasteiger partial charge on any atom is -0.489 e. The van der Waals surface area contributed by atoms with Gasteiger partial charge in [-0.25, -0.2) is 14.2 Å². The minimum absolute atomic E-state index is 0.0691. The fourth-order valence-corrected chi connectivity index (χ4v) is 6.20. The Hall–Kier alpha value is -3.93. The molecule has 2 aliphatic rings. The van der Waals surface area contributed by atoms with Gasteiger partial charge in [0.05, 0.1) is 46.7 Å². The summed E-state index contributed by atoms with van der Waals surface area (Å²) in [6, 6.07) is 10.6. The maximum Gasteiger partial charge on any atom is 0.338 e. The number of benzene rings is 2. The van der Waals surface area contributed by atoms with Crippen LogP contribution in [-0.4, -0.2) is 36.3 Å². The van der Waals surface area contributed by atoms with Crippen molar-refractivity contribution >= 4 is 46.6 Å². The quantitative estimate of drug-likeness (QED) is 0.110. The van der Waals surface area contributed by atoms with Crippen LogP contribution in [-0.2, 0) is 16.9 Å². The predicted molar refractivity (Wildman–Crippen MR) is 158 cm³/mol. The average Bonchev–Trinajstić information content (AvgIpc) is 3.73. The van der Waals surface area contributed by atoms with Gasteiger partial charge in [0.15, 0.2) is 0 Å². The number of aromatic nitrogens is 2. The maximum absolute atomic E-state index is 13.8. The smallest absolute Gasteiger partial charge is 0.338 e. The van der Waals surface area contributed by atoms with E-state index in [1.165, 1.54) is 25.4 Å². The third-order valence-corrected chi connectivity index (χ3v) is 8.43. The lowest BCUT2D eigenvalue weighted by Gasteiger charge is -2.50. The number of nitrogens with one attached hydrogen (secondary N) is 1. The van der Waals surface area contributed by atoms with Crippen molar-refractivity contribution in [3.05, 3.63) is 96.9 Å². The van der Waals surface area contributed by atoms with Crippen LogP contribution in [0.2, 0.25) is 15.1 Å². The van der Waals surface area contributed by atoms with E-state index in [9.17, 15) is 14.1 Å². The summed E-state index contributed by atoms with van der Waals surface area (Å²) in [5.41, 5.74) is 4.17. The SMILES string of the molecule is COC(=O)c1ccnc(N2CC(NN=O)(c3ccc(OCc4c(-c5c(Cl)cc(F)cc5Cl)noc4C4CC4)cc3Cl)C2)c1. The van der Waals surface area contributed by atoms with Gasteiger partial charge in [-0.3, -0.25) is 5.43 Å². The zero-order valence-electron chi connectivity index (χ0n) is 22.6. The van der Waals surface area contributed by atoms with Crippen LogP contribution in [0.1, 0.15) is 46.0 Å². The van der Waals surface area contributed by atoms with Gasteiger partial charge in [-0.15, -0.1) is 4.91 Å². The molecular formula is C29H23Cl3FN5O5. The van der Waals surface area contributed by atoms with E-state index >= 15 is 0 Å². The van der Waals surface area contributed by atoms with Crippen LogP contribution in [0.5, 0.6) is 5.75 Å². The highest BCUT2D eigenvalue weighted by Gasteiger charge is 2.47. The van der Waals surface area contributed by atoms with E-state index < -0.39 is 17.3 Å². The number of anilines is 1. The number of methoxy groups -OCH3 is 1. The van der Waals surface area contributed by atoms with Crippen molar-refractivity contribution in [2.75, 3.05) is 25.1 Å². The molecule has 10 nitrogen and oxygen atoms in total. The van der Waals surface area contributed by atoms with Gasteiger partial charge < -0.3 is 18.9 Å². The van der Waals surface area contributed by atoms with E-state index in [0.717, 1.165) is 12.8 Å². The van der Waals surface area contributed by atoms with Crippen molar-refractivity contribution in [3.8, 4) is 17.0 Å². The number of carbonyl (C=O) groups is 1. The Balaban J connectivity index is 1.22. The van der Waals surface area contributed by atoms with Gasteiger partial charge in [0.25, 0.3) is 0 Å². The number of hydrogen-bond acceptors (Lipinski definition) is 9. The van der Waals surface area contributed by atoms with Gasteiger partial charge in [0, 0.05) is 28.3 Å². The largest absolute Gasteiger partial charge is 0.489 e. The summed E-state index contributed by atoms with van der Waals surface area (Å²) in [7, 11) is 1.31. The van der Waals surface area contributed by atoms with Crippen LogP contribution >= 0.6 is 34.8 Å². The van der Waals surface area contributed by atoms with Crippen molar-refractivity contribution in [3.63, 3.8) is 0 Å². The summed E-state index contributed by atoms with van der Waals surface area (Å²) >= 11 is 19.4. The van der Waals surface area contributed by atoms with Crippen LogP contribution in [0.15, 0.2) is 58.5 Å². The summed E-state index contributed by atoms with van der Waals surface area (Å²) in [4.78, 5) is 29.5. The van der Waals surface area contributed by atoms with Crippen molar-refractivity contribution in [2.24, 2.45) is 5.29 Å². The number of esters is 1. The van der Waals surface area contributed by atoms with E-state index in [2.05, 4.69) is 20.9 Å². The number of pyridine rings is 1. The van der Waals surface area contributed by atoms with Crippen molar-refractivity contribution < 1.29 is 23.2 Å². The molecule has 6 rings (SSSR count). The molecule has 2 fully saturated rings. The van der Waals surface area contributed by atoms with Crippen LogP contribution in [0.25, 0.3) is 11.3 Å². The summed E-state index contributed by atoms with van der Waals surface area (Å²) in [6.45, 7) is 0.689. The average molecular weight is 647 g/mol. The zero-order chi connectivity index (χ0) is 30.3. The van der Waals surface area contributed by atoms with E-state index in [1.807, 2.05) is 4.90 Å². The number of hydrogen-bond donors (Lipinski definition) is 1. The molecule has 1 saturated carbocycles. The first kappa shape index (κ1) is 29.2. The van der Waals surface area contributed by atoms with Gasteiger partial charge in [-0.1, -0.05) is 46.0 Å². The monoisotopic (exact) mass is 645 g/mol. The number of halogens is 4. The number of rotatable bonds is 10. The molecule has 0 bridgehead atoms. The zero-order valence-corrected chi connectivity index (χ0v) is 24.8. The molecule has 3 heterocycles. The number of ether oxygens (including phenoxy) is 2. The van der Waals surface area contributed by atoms with Gasteiger partial charge in [-0.05, 0) is 49.2 Å². The number of nitrogens with zero attached hydrogens (tertiary/aromatic N) is 4. The fourth-order valence-electron chi connectivity index (χ4n) is 5.21. The Morgan fingerprint density at radius 2 is 1.88 bits per heavy atom. The standard InChI is InChI=1S/C29H23Cl3FN5O5/c1-41-28(39)16-6-7-34-24(8-16)38-13-29(14-38,36-37-40)20-5-4-18(11-21(20)30)42-12-19-26(35-43-27(19)15-2-3-15)25-22(31)9-17(33)10-23(25)32/h4-11,15H,2-3,12-14H2,1H3,(H,36,40). The molecular weight excluding hydrogens is 624 g/mol. The second kappa shape index (κ2) is 11.6. The molecule has 4 aromatic rings. The van der Waals surface area contributed by atoms with Crippen LogP contribution in [0.4, 0.5) is 10.2 Å². The summed E-state index contributed by atoms with van der Waals surface area (Å²) in [5, 5.41) is 7.72. The van der Waals surface area contributed by atoms with E-state index in [4.69, 9.17) is 48.8 Å². The fraction of sp³-hybridized carbons (Fsp3) is 0.276. The second-order valence-electron chi connectivity index (χ2n) is 10.4. The van der Waals surface area contributed by atoms with Crippen LogP contribution in [0, 0.1) is 10.7 Å². The Morgan fingerprint density at radius 3 is 2.53 bits per heavy atom. The molecule has 0 unspecified atom stereocenters. The minimum atomic E-state index is -0.892. The van der Waals surface area contributed by atoms with Crippen molar-refractivity contribution in [2.45, 2.75) is 30.9 Å². The van der Waals surface area contributed by atoms with E-state index in [-0.39, 0.29) is 22.6 Å². The maximum atomic E-state index is 13.8. The van der Waals surface area contributed by atoms with Crippen LogP contribution in [0.3, 0.4) is 0 Å². The molecule has 0 atom stereocenters. The number of nitroso groups, excluding NO2 is 1. The first-order chi connectivity index (χ1) is 20.7. The van der Waals surface area contributed by atoms with Crippen LogP contribution < -0.4 is 15.1 Å². The Kier molecular flexibility index (Phi) is 7.89. The lowest BCUT2D eigenvalue weighted by Crippen LogP contribution is -2.66. The molecule has 43 heavy (non-hydrogen) atoms. The summed E-state index contributed by atoms with van der Waals surface area (Å²) in [5.74, 6) is 0.836. The molecule has 1 aliphatic heterocycles. The predicted octanol–water partition coefficient (Wildman–Crippen LogP) is 7.07. The molecule has 14 heteroatoms. The first-order valence-electron chi connectivity index (χ1n) is 13.2. The highest BCUT2D eigenvalue weighted by molar-refractivity contribution is 6.39. The molecule has 1 aliphatic carbocycles.